The number of carbonyl (C=O) groups excluding carboxylic acids is 2. The van der Waals surface area contributed by atoms with E-state index >= 15 is 0 Å². The highest BCUT2D eigenvalue weighted by Crippen LogP contribution is 2.27. The maximum Gasteiger partial charge on any atom is 0.236 e. The third-order valence-corrected chi connectivity index (χ3v) is 6.53. The number of hydrogen-bond donors (Lipinski definition) is 2. The van der Waals surface area contributed by atoms with Crippen LogP contribution in [0.1, 0.15) is 41.8 Å². The fourth-order valence-electron chi connectivity index (χ4n) is 3.65. The van der Waals surface area contributed by atoms with E-state index in [0.717, 1.165) is 13.1 Å². The van der Waals surface area contributed by atoms with E-state index in [1.54, 1.807) is 18.4 Å². The average Bonchev–Trinajstić information content (AvgIpc) is 3.29. The molecule has 2 heterocycles. The second kappa shape index (κ2) is 10.7. The molecule has 0 aliphatic carbocycles. The van der Waals surface area contributed by atoms with Gasteiger partial charge in [0.15, 0.2) is 0 Å². The Bertz CT molecular complexity index is 812. The topological polar surface area (TPSA) is 64.7 Å². The number of benzene rings is 1. The second-order valence-corrected chi connectivity index (χ2v) is 8.96. The lowest BCUT2D eigenvalue weighted by atomic mass is 9.98. The number of likely N-dealkylation sites (N-methyl/N-ethyl adjacent to an activating group) is 1. The van der Waals surface area contributed by atoms with Gasteiger partial charge in [-0.3, -0.25) is 19.8 Å². The summed E-state index contributed by atoms with van der Waals surface area (Å²) in [5.74, 6) is 0.615. The van der Waals surface area contributed by atoms with Crippen LogP contribution < -0.4 is 10.6 Å². The predicted octanol–water partition coefficient (Wildman–Crippen LogP) is 2.44. The van der Waals surface area contributed by atoms with E-state index in [4.69, 9.17) is 0 Å². The molecule has 0 radical (unpaired) electrons. The van der Waals surface area contributed by atoms with Gasteiger partial charge in [0.1, 0.15) is 0 Å². The molecular formula is C23H32N4O2S. The first-order valence-electron chi connectivity index (χ1n) is 10.5. The normalized spacial score (nSPS) is 15.9. The van der Waals surface area contributed by atoms with Gasteiger partial charge < -0.3 is 10.2 Å². The highest BCUT2D eigenvalue weighted by molar-refractivity contribution is 7.10. The van der Waals surface area contributed by atoms with Crippen LogP contribution in [0.15, 0.2) is 41.8 Å². The van der Waals surface area contributed by atoms with E-state index in [-0.39, 0.29) is 17.9 Å². The first kappa shape index (κ1) is 22.5. The Labute approximate surface area is 183 Å². The molecule has 1 fully saturated rings. The Morgan fingerprint density at radius 2 is 1.70 bits per heavy atom. The van der Waals surface area contributed by atoms with Crippen LogP contribution in [0.25, 0.3) is 0 Å². The molecule has 1 saturated heterocycles. The lowest BCUT2D eigenvalue weighted by Gasteiger charge is -2.34. The number of rotatable bonds is 8. The molecule has 1 atom stereocenters. The molecule has 0 spiro atoms. The van der Waals surface area contributed by atoms with Gasteiger partial charge in [0, 0.05) is 38.1 Å². The van der Waals surface area contributed by atoms with Crippen LogP contribution in [-0.2, 0) is 9.59 Å². The SMILES string of the molecule is CNC(=O)CN1CCN(C(=O)CN[C@@H](c2ccc(C(C)C)cc2)c2cccs2)CC1. The van der Waals surface area contributed by atoms with Gasteiger partial charge in [-0.2, -0.15) is 0 Å². The molecule has 0 saturated carbocycles. The average molecular weight is 429 g/mol. The number of hydrogen-bond acceptors (Lipinski definition) is 5. The van der Waals surface area contributed by atoms with Gasteiger partial charge in [0.2, 0.25) is 11.8 Å². The monoisotopic (exact) mass is 428 g/mol. The summed E-state index contributed by atoms with van der Waals surface area (Å²) >= 11 is 1.70. The summed E-state index contributed by atoms with van der Waals surface area (Å²) in [4.78, 5) is 29.5. The zero-order chi connectivity index (χ0) is 21.5. The van der Waals surface area contributed by atoms with Gasteiger partial charge in [0.25, 0.3) is 0 Å². The lowest BCUT2D eigenvalue weighted by Crippen LogP contribution is -2.52. The largest absolute Gasteiger partial charge is 0.358 e. The van der Waals surface area contributed by atoms with Crippen LogP contribution in [-0.4, -0.2) is 67.9 Å². The number of thiophene rings is 1. The maximum absolute atomic E-state index is 12.8. The molecule has 162 valence electrons. The van der Waals surface area contributed by atoms with Gasteiger partial charge in [-0.15, -0.1) is 11.3 Å². The molecule has 3 rings (SSSR count). The van der Waals surface area contributed by atoms with E-state index in [2.05, 4.69) is 65.1 Å². The highest BCUT2D eigenvalue weighted by atomic mass is 32.1. The Kier molecular flexibility index (Phi) is 8.01. The summed E-state index contributed by atoms with van der Waals surface area (Å²) in [5.41, 5.74) is 2.49. The predicted molar refractivity (Wildman–Crippen MR) is 122 cm³/mol. The smallest absolute Gasteiger partial charge is 0.236 e. The van der Waals surface area contributed by atoms with Crippen LogP contribution in [0.4, 0.5) is 0 Å². The van der Waals surface area contributed by atoms with E-state index < -0.39 is 0 Å². The second-order valence-electron chi connectivity index (χ2n) is 7.98. The first-order valence-corrected chi connectivity index (χ1v) is 11.4. The van der Waals surface area contributed by atoms with Gasteiger partial charge >= 0.3 is 0 Å². The summed E-state index contributed by atoms with van der Waals surface area (Å²) in [6.07, 6.45) is 0. The van der Waals surface area contributed by atoms with Crippen LogP contribution >= 0.6 is 11.3 Å². The zero-order valence-electron chi connectivity index (χ0n) is 18.1. The lowest BCUT2D eigenvalue weighted by molar-refractivity contribution is -0.132. The molecule has 1 aliphatic heterocycles. The molecular weight excluding hydrogens is 396 g/mol. The van der Waals surface area contributed by atoms with Gasteiger partial charge in [-0.25, -0.2) is 0 Å². The molecule has 7 heteroatoms. The van der Waals surface area contributed by atoms with Gasteiger partial charge in [0.05, 0.1) is 19.1 Å². The van der Waals surface area contributed by atoms with Crippen molar-refractivity contribution in [1.82, 2.24) is 20.4 Å². The molecule has 30 heavy (non-hydrogen) atoms. The van der Waals surface area contributed by atoms with E-state index in [1.807, 2.05) is 11.0 Å². The quantitative estimate of drug-likeness (QED) is 0.678. The fraction of sp³-hybridized carbons (Fsp3) is 0.478. The first-order chi connectivity index (χ1) is 14.5. The number of piperazine rings is 1. The number of carbonyl (C=O) groups is 2. The maximum atomic E-state index is 12.8. The molecule has 2 aromatic rings. The molecule has 6 nitrogen and oxygen atoms in total. The Balaban J connectivity index is 1.58. The third kappa shape index (κ3) is 5.90. The van der Waals surface area contributed by atoms with Crippen molar-refractivity contribution in [2.75, 3.05) is 46.3 Å². The van der Waals surface area contributed by atoms with Crippen LogP contribution in [0.3, 0.4) is 0 Å². The van der Waals surface area contributed by atoms with Crippen molar-refractivity contribution in [2.45, 2.75) is 25.8 Å². The summed E-state index contributed by atoms with van der Waals surface area (Å²) in [7, 11) is 1.65. The summed E-state index contributed by atoms with van der Waals surface area (Å²) in [6, 6.07) is 12.8. The molecule has 0 bridgehead atoms. The van der Waals surface area contributed by atoms with Crippen molar-refractivity contribution >= 4 is 23.2 Å². The van der Waals surface area contributed by atoms with Gasteiger partial charge in [-0.1, -0.05) is 44.2 Å². The van der Waals surface area contributed by atoms with Crippen LogP contribution in [0, 0.1) is 0 Å². The molecule has 2 N–H and O–H groups in total. The van der Waals surface area contributed by atoms with Gasteiger partial charge in [-0.05, 0) is 28.5 Å². The molecule has 0 unspecified atom stereocenters. The van der Waals surface area contributed by atoms with E-state index in [0.29, 0.717) is 32.1 Å². The zero-order valence-corrected chi connectivity index (χ0v) is 18.9. The standard InChI is InChI=1S/C23H32N4O2S/c1-17(2)18-6-8-19(9-7-18)23(20-5-4-14-30-20)25-15-22(29)27-12-10-26(11-13-27)16-21(28)24-3/h4-9,14,17,23,25H,10-13,15-16H2,1-3H3,(H,24,28)/t23-/m0/s1. The van der Waals surface area contributed by atoms with Crippen molar-refractivity contribution in [3.8, 4) is 0 Å². The van der Waals surface area contributed by atoms with Crippen molar-refractivity contribution in [2.24, 2.45) is 0 Å². The summed E-state index contributed by atoms with van der Waals surface area (Å²) in [6.45, 7) is 7.84. The minimum Gasteiger partial charge on any atom is -0.358 e. The summed E-state index contributed by atoms with van der Waals surface area (Å²) < 4.78 is 0. The van der Waals surface area contributed by atoms with E-state index in [9.17, 15) is 9.59 Å². The number of nitrogens with zero attached hydrogens (tertiary/aromatic N) is 2. The third-order valence-electron chi connectivity index (χ3n) is 5.59. The Hall–Kier alpha value is -2.22. The van der Waals surface area contributed by atoms with Crippen molar-refractivity contribution in [3.05, 3.63) is 57.8 Å². The fourth-order valence-corrected chi connectivity index (χ4v) is 4.48. The molecule has 1 aromatic heterocycles. The molecule has 1 aromatic carbocycles. The van der Waals surface area contributed by atoms with Crippen molar-refractivity contribution in [3.63, 3.8) is 0 Å². The van der Waals surface area contributed by atoms with Crippen molar-refractivity contribution in [1.29, 1.82) is 0 Å². The number of amides is 2. The highest BCUT2D eigenvalue weighted by Gasteiger charge is 2.23. The Morgan fingerprint density at radius 1 is 1.03 bits per heavy atom. The summed E-state index contributed by atoms with van der Waals surface area (Å²) in [5, 5.41) is 8.19. The van der Waals surface area contributed by atoms with E-state index in [1.165, 1.54) is 16.0 Å². The minimum atomic E-state index is 0.00435. The van der Waals surface area contributed by atoms with Crippen LogP contribution in [0.2, 0.25) is 0 Å². The molecule has 2 amide bonds. The minimum absolute atomic E-state index is 0.00435. The van der Waals surface area contributed by atoms with Crippen LogP contribution in [0.5, 0.6) is 0 Å². The number of nitrogens with one attached hydrogen (secondary N) is 2. The Morgan fingerprint density at radius 3 is 2.27 bits per heavy atom. The molecule has 1 aliphatic rings. The van der Waals surface area contributed by atoms with Crippen molar-refractivity contribution < 1.29 is 9.59 Å².